The molecule has 2 aromatic carbocycles. The molecule has 0 spiro atoms. The van der Waals surface area contributed by atoms with Gasteiger partial charge in [0, 0.05) is 6.08 Å². The second-order valence-electron chi connectivity index (χ2n) is 5.61. The molecule has 0 fully saturated rings. The van der Waals surface area contributed by atoms with Gasteiger partial charge in [0.05, 0.1) is 7.11 Å². The standard InChI is InChI=1S/C20H21NO5/c1-14-3-4-16(11-18(14)25-2)13-26-17-8-5-15(6-9-17)7-10-19(22)21-12-20(23)24/h3-11H,12-13H2,1-2H3,(H,21,22)(H,23,24)/b10-7+. The van der Waals surface area contributed by atoms with E-state index < -0.39 is 18.4 Å². The normalized spacial score (nSPS) is 10.5. The Labute approximate surface area is 152 Å². The number of amides is 1. The molecule has 0 aliphatic carbocycles. The number of hydrogen-bond donors (Lipinski definition) is 2. The summed E-state index contributed by atoms with van der Waals surface area (Å²) in [7, 11) is 1.64. The van der Waals surface area contributed by atoms with E-state index in [2.05, 4.69) is 5.32 Å². The van der Waals surface area contributed by atoms with Crippen LogP contribution in [0, 0.1) is 6.92 Å². The number of carbonyl (C=O) groups is 2. The summed E-state index contributed by atoms with van der Waals surface area (Å²) in [5.74, 6) is -0.00901. The van der Waals surface area contributed by atoms with Crippen molar-refractivity contribution in [3.05, 3.63) is 65.2 Å². The molecule has 26 heavy (non-hydrogen) atoms. The Morgan fingerprint density at radius 3 is 2.54 bits per heavy atom. The van der Waals surface area contributed by atoms with Crippen LogP contribution in [0.5, 0.6) is 11.5 Å². The minimum atomic E-state index is -1.08. The lowest BCUT2D eigenvalue weighted by atomic mass is 10.1. The third-order valence-corrected chi connectivity index (χ3v) is 3.60. The number of nitrogens with one attached hydrogen (secondary N) is 1. The van der Waals surface area contributed by atoms with Gasteiger partial charge >= 0.3 is 5.97 Å². The molecule has 136 valence electrons. The molecule has 0 saturated heterocycles. The van der Waals surface area contributed by atoms with Gasteiger partial charge in [-0.2, -0.15) is 0 Å². The van der Waals surface area contributed by atoms with Gasteiger partial charge in [0.15, 0.2) is 0 Å². The highest BCUT2D eigenvalue weighted by atomic mass is 16.5. The van der Waals surface area contributed by atoms with Gasteiger partial charge in [-0.15, -0.1) is 0 Å². The van der Waals surface area contributed by atoms with Crippen LogP contribution in [-0.4, -0.2) is 30.6 Å². The zero-order valence-corrected chi connectivity index (χ0v) is 14.7. The van der Waals surface area contributed by atoms with E-state index in [9.17, 15) is 9.59 Å². The summed E-state index contributed by atoms with van der Waals surface area (Å²) in [5, 5.41) is 10.7. The van der Waals surface area contributed by atoms with Gasteiger partial charge in [0.1, 0.15) is 24.7 Å². The number of rotatable bonds is 8. The zero-order chi connectivity index (χ0) is 18.9. The molecular weight excluding hydrogens is 334 g/mol. The van der Waals surface area contributed by atoms with Gasteiger partial charge in [-0.3, -0.25) is 9.59 Å². The van der Waals surface area contributed by atoms with Crippen LogP contribution in [0.3, 0.4) is 0 Å². The molecule has 1 amide bonds. The van der Waals surface area contributed by atoms with Gasteiger partial charge in [-0.1, -0.05) is 24.3 Å². The predicted octanol–water partition coefficient (Wildman–Crippen LogP) is 2.80. The van der Waals surface area contributed by atoms with Crippen molar-refractivity contribution in [2.75, 3.05) is 13.7 Å². The number of hydrogen-bond acceptors (Lipinski definition) is 4. The molecule has 0 bridgehead atoms. The van der Waals surface area contributed by atoms with E-state index in [4.69, 9.17) is 14.6 Å². The lowest BCUT2D eigenvalue weighted by molar-refractivity contribution is -0.137. The van der Waals surface area contributed by atoms with Crippen LogP contribution in [0.1, 0.15) is 16.7 Å². The van der Waals surface area contributed by atoms with Gasteiger partial charge in [-0.05, 0) is 47.9 Å². The van der Waals surface area contributed by atoms with Crippen LogP contribution in [0.2, 0.25) is 0 Å². The summed E-state index contributed by atoms with van der Waals surface area (Å²) in [5.41, 5.74) is 2.88. The van der Waals surface area contributed by atoms with Crippen molar-refractivity contribution < 1.29 is 24.2 Å². The molecule has 2 rings (SSSR count). The molecule has 0 atom stereocenters. The fourth-order valence-electron chi connectivity index (χ4n) is 2.19. The Morgan fingerprint density at radius 1 is 1.15 bits per heavy atom. The molecule has 0 unspecified atom stereocenters. The molecule has 0 saturated carbocycles. The molecule has 0 radical (unpaired) electrons. The third kappa shape index (κ3) is 5.98. The summed E-state index contributed by atoms with van der Waals surface area (Å²) in [4.78, 5) is 21.8. The van der Waals surface area contributed by atoms with Crippen LogP contribution in [0.4, 0.5) is 0 Å². The van der Waals surface area contributed by atoms with Crippen LogP contribution < -0.4 is 14.8 Å². The summed E-state index contributed by atoms with van der Waals surface area (Å²) in [6.07, 6.45) is 2.89. The molecule has 0 aliphatic heterocycles. The quantitative estimate of drug-likeness (QED) is 0.711. The number of benzene rings is 2. The number of carbonyl (C=O) groups excluding carboxylic acids is 1. The zero-order valence-electron chi connectivity index (χ0n) is 14.7. The van der Waals surface area contributed by atoms with Crippen molar-refractivity contribution in [3.63, 3.8) is 0 Å². The Morgan fingerprint density at radius 2 is 1.88 bits per heavy atom. The molecule has 6 heteroatoms. The Hall–Kier alpha value is -3.28. The first-order valence-electron chi connectivity index (χ1n) is 8.02. The second kappa shape index (κ2) is 9.27. The van der Waals surface area contributed by atoms with Gasteiger partial charge in [0.25, 0.3) is 0 Å². The van der Waals surface area contributed by atoms with E-state index in [1.165, 1.54) is 6.08 Å². The summed E-state index contributed by atoms with van der Waals surface area (Å²) in [6.45, 7) is 2.00. The number of carboxylic acid groups (broad SMARTS) is 1. The summed E-state index contributed by atoms with van der Waals surface area (Å²) < 4.78 is 11.1. The SMILES string of the molecule is COc1cc(COc2ccc(/C=C/C(=O)NCC(=O)O)cc2)ccc1C. The highest BCUT2D eigenvalue weighted by Crippen LogP contribution is 2.21. The van der Waals surface area contributed by atoms with Crippen LogP contribution >= 0.6 is 0 Å². The number of carboxylic acids is 1. The smallest absolute Gasteiger partial charge is 0.322 e. The Bertz CT molecular complexity index is 796. The van der Waals surface area contributed by atoms with Gasteiger partial charge < -0.3 is 19.9 Å². The predicted molar refractivity (Wildman–Crippen MR) is 98.2 cm³/mol. The molecule has 2 aromatic rings. The lowest BCUT2D eigenvalue weighted by Crippen LogP contribution is -2.27. The Kier molecular flexibility index (Phi) is 6.79. The van der Waals surface area contributed by atoms with Crippen molar-refractivity contribution in [2.24, 2.45) is 0 Å². The number of ether oxygens (including phenoxy) is 2. The minimum absolute atomic E-state index is 0.403. The summed E-state index contributed by atoms with van der Waals surface area (Å²) in [6, 6.07) is 13.2. The fraction of sp³-hybridized carbons (Fsp3) is 0.200. The minimum Gasteiger partial charge on any atom is -0.496 e. The number of methoxy groups -OCH3 is 1. The second-order valence-corrected chi connectivity index (χ2v) is 5.61. The maximum atomic E-state index is 11.4. The first kappa shape index (κ1) is 19.1. The van der Waals surface area contributed by atoms with E-state index in [1.54, 1.807) is 25.3 Å². The monoisotopic (exact) mass is 355 g/mol. The number of aliphatic carboxylic acids is 1. The lowest BCUT2D eigenvalue weighted by Gasteiger charge is -2.09. The van der Waals surface area contributed by atoms with E-state index in [0.717, 1.165) is 22.4 Å². The van der Waals surface area contributed by atoms with Gasteiger partial charge in [0.2, 0.25) is 5.91 Å². The van der Waals surface area contributed by atoms with Crippen LogP contribution in [0.15, 0.2) is 48.5 Å². The van der Waals surface area contributed by atoms with Crippen molar-refractivity contribution >= 4 is 18.0 Å². The molecule has 0 heterocycles. The molecule has 6 nitrogen and oxygen atoms in total. The average molecular weight is 355 g/mol. The summed E-state index contributed by atoms with van der Waals surface area (Å²) >= 11 is 0. The topological polar surface area (TPSA) is 84.9 Å². The van der Waals surface area contributed by atoms with Gasteiger partial charge in [-0.25, -0.2) is 0 Å². The van der Waals surface area contributed by atoms with E-state index in [-0.39, 0.29) is 0 Å². The average Bonchev–Trinajstić information content (AvgIpc) is 2.64. The molecule has 2 N–H and O–H groups in total. The van der Waals surface area contributed by atoms with Crippen LogP contribution in [0.25, 0.3) is 6.08 Å². The fourth-order valence-corrected chi connectivity index (χ4v) is 2.19. The maximum Gasteiger partial charge on any atom is 0.322 e. The van der Waals surface area contributed by atoms with E-state index in [0.29, 0.717) is 12.4 Å². The van der Waals surface area contributed by atoms with Crippen molar-refractivity contribution in [2.45, 2.75) is 13.5 Å². The first-order chi connectivity index (χ1) is 12.5. The maximum absolute atomic E-state index is 11.4. The highest BCUT2D eigenvalue weighted by Gasteiger charge is 2.02. The molecule has 0 aromatic heterocycles. The first-order valence-corrected chi connectivity index (χ1v) is 8.02. The van der Waals surface area contributed by atoms with Crippen molar-refractivity contribution in [1.29, 1.82) is 0 Å². The van der Waals surface area contributed by atoms with E-state index in [1.807, 2.05) is 37.3 Å². The van der Waals surface area contributed by atoms with Crippen molar-refractivity contribution in [3.8, 4) is 11.5 Å². The van der Waals surface area contributed by atoms with Crippen LogP contribution in [-0.2, 0) is 16.2 Å². The third-order valence-electron chi connectivity index (χ3n) is 3.60. The largest absolute Gasteiger partial charge is 0.496 e. The number of aryl methyl sites for hydroxylation is 1. The Balaban J connectivity index is 1.89. The highest BCUT2D eigenvalue weighted by molar-refractivity contribution is 5.93. The molecule has 0 aliphatic rings. The molecular formula is C20H21NO5. The van der Waals surface area contributed by atoms with E-state index >= 15 is 0 Å². The van der Waals surface area contributed by atoms with Crippen molar-refractivity contribution in [1.82, 2.24) is 5.32 Å².